The number of rotatable bonds is 3. The van der Waals surface area contributed by atoms with E-state index in [0.29, 0.717) is 44.1 Å². The highest BCUT2D eigenvalue weighted by atomic mass is 16.5. The van der Waals surface area contributed by atoms with Gasteiger partial charge in [-0.1, -0.05) is 0 Å². The molecule has 1 N–H and O–H groups in total. The summed E-state index contributed by atoms with van der Waals surface area (Å²) >= 11 is 0. The molecule has 2 aromatic rings. The molecule has 0 radical (unpaired) electrons. The fraction of sp³-hybridized carbons (Fsp3) is 0.500. The number of nitrogens with one attached hydrogen (secondary N) is 1. The zero-order chi connectivity index (χ0) is 20.5. The molecule has 2 saturated heterocycles. The average Bonchev–Trinajstić information content (AvgIpc) is 3.18. The number of nitrogens with zero attached hydrogens (tertiary/aromatic N) is 5. The summed E-state index contributed by atoms with van der Waals surface area (Å²) in [5.74, 6) is 3.00. The number of methoxy groups -OCH3 is 1. The van der Waals surface area contributed by atoms with Crippen molar-refractivity contribution >= 4 is 23.5 Å². The fourth-order valence-corrected chi connectivity index (χ4v) is 4.14. The van der Waals surface area contributed by atoms with E-state index in [1.165, 1.54) is 12.7 Å². The van der Waals surface area contributed by atoms with Gasteiger partial charge >= 0.3 is 6.09 Å². The Morgan fingerprint density at radius 1 is 1.13 bits per heavy atom. The largest absolute Gasteiger partial charge is 0.453 e. The highest BCUT2D eigenvalue weighted by Gasteiger charge is 2.37. The number of hydrogen-bond acceptors (Lipinski definition) is 9. The van der Waals surface area contributed by atoms with Crippen LogP contribution in [0.2, 0.25) is 0 Å². The number of carbonyl (C=O) groups is 1. The zero-order valence-corrected chi connectivity index (χ0v) is 16.8. The molecule has 3 aliphatic rings. The first-order chi connectivity index (χ1) is 14.7. The lowest BCUT2D eigenvalue weighted by Crippen LogP contribution is -2.43. The van der Waals surface area contributed by atoms with E-state index in [9.17, 15) is 4.79 Å². The number of ether oxygens (including phenoxy) is 3. The SMILES string of the molecule is COC(=O)Nc1ccc(-c2nc(N3CCOCC3)c3c(n2)N2CCOCC2C3)cn1. The van der Waals surface area contributed by atoms with Crippen LogP contribution in [0.1, 0.15) is 5.56 Å². The number of fused-ring (bicyclic) bond motifs is 3. The summed E-state index contributed by atoms with van der Waals surface area (Å²) in [7, 11) is 1.31. The van der Waals surface area contributed by atoms with E-state index in [2.05, 4.69) is 24.8 Å². The van der Waals surface area contributed by atoms with Crippen LogP contribution >= 0.6 is 0 Å². The number of aromatic nitrogens is 3. The second-order valence-electron chi connectivity index (χ2n) is 7.45. The van der Waals surface area contributed by atoms with Gasteiger partial charge in [-0.25, -0.2) is 19.7 Å². The molecule has 0 aliphatic carbocycles. The van der Waals surface area contributed by atoms with Crippen LogP contribution in [-0.4, -0.2) is 80.3 Å². The minimum absolute atomic E-state index is 0.308. The average molecular weight is 412 g/mol. The van der Waals surface area contributed by atoms with Crippen LogP contribution in [0.5, 0.6) is 0 Å². The number of anilines is 3. The molecule has 0 aromatic carbocycles. The second kappa shape index (κ2) is 8.04. The number of hydrogen-bond donors (Lipinski definition) is 1. The van der Waals surface area contributed by atoms with Crippen molar-refractivity contribution in [2.24, 2.45) is 0 Å². The van der Waals surface area contributed by atoms with Gasteiger partial charge in [0, 0.05) is 43.4 Å². The van der Waals surface area contributed by atoms with Crippen LogP contribution in [0, 0.1) is 0 Å². The minimum atomic E-state index is -0.558. The third kappa shape index (κ3) is 3.52. The van der Waals surface area contributed by atoms with Crippen molar-refractivity contribution in [3.05, 3.63) is 23.9 Å². The van der Waals surface area contributed by atoms with Crippen LogP contribution in [0.15, 0.2) is 18.3 Å². The van der Waals surface area contributed by atoms with Crippen LogP contribution in [-0.2, 0) is 20.6 Å². The maximum atomic E-state index is 11.4. The van der Waals surface area contributed by atoms with Gasteiger partial charge in [-0.2, -0.15) is 0 Å². The second-order valence-corrected chi connectivity index (χ2v) is 7.45. The molecule has 10 heteroatoms. The summed E-state index contributed by atoms with van der Waals surface area (Å²) in [5, 5.41) is 2.55. The quantitative estimate of drug-likeness (QED) is 0.799. The van der Waals surface area contributed by atoms with Crippen molar-refractivity contribution in [1.29, 1.82) is 0 Å². The van der Waals surface area contributed by atoms with Gasteiger partial charge in [-0.05, 0) is 12.1 Å². The monoisotopic (exact) mass is 412 g/mol. The Kier molecular flexibility index (Phi) is 5.09. The number of pyridine rings is 1. The first kappa shape index (κ1) is 19.0. The predicted octanol–water partition coefficient (Wildman–Crippen LogP) is 1.31. The van der Waals surface area contributed by atoms with Crippen molar-refractivity contribution in [3.8, 4) is 11.4 Å². The standard InChI is InChI=1S/C20H24N6O4/c1-28-20(27)22-16-3-2-13(11-21-16)17-23-18(25-4-7-29-8-5-25)15-10-14-12-30-9-6-26(14)19(15)24-17/h2-3,11,14H,4-10,12H2,1H3,(H,21,22,27). The molecule has 1 atom stereocenters. The van der Waals surface area contributed by atoms with E-state index < -0.39 is 6.09 Å². The topological polar surface area (TPSA) is 102 Å². The smallest absolute Gasteiger partial charge is 0.412 e. The van der Waals surface area contributed by atoms with E-state index in [4.69, 9.17) is 19.4 Å². The van der Waals surface area contributed by atoms with Gasteiger partial charge in [-0.15, -0.1) is 0 Å². The number of amides is 1. The molecule has 0 bridgehead atoms. The molecule has 2 fully saturated rings. The molecular weight excluding hydrogens is 388 g/mol. The molecule has 0 spiro atoms. The fourth-order valence-electron chi connectivity index (χ4n) is 4.14. The zero-order valence-electron chi connectivity index (χ0n) is 16.8. The maximum absolute atomic E-state index is 11.4. The molecule has 10 nitrogen and oxygen atoms in total. The van der Waals surface area contributed by atoms with Crippen molar-refractivity contribution in [1.82, 2.24) is 15.0 Å². The number of morpholine rings is 2. The molecule has 5 heterocycles. The first-order valence-electron chi connectivity index (χ1n) is 10.1. The Bertz CT molecular complexity index is 932. The third-order valence-electron chi connectivity index (χ3n) is 5.65. The van der Waals surface area contributed by atoms with Crippen LogP contribution in [0.25, 0.3) is 11.4 Å². The molecular formula is C20H24N6O4. The van der Waals surface area contributed by atoms with Crippen LogP contribution < -0.4 is 15.1 Å². The van der Waals surface area contributed by atoms with E-state index in [1.54, 1.807) is 12.3 Å². The van der Waals surface area contributed by atoms with Crippen molar-refractivity contribution in [2.45, 2.75) is 12.5 Å². The highest BCUT2D eigenvalue weighted by Crippen LogP contribution is 2.39. The van der Waals surface area contributed by atoms with Crippen molar-refractivity contribution in [3.63, 3.8) is 0 Å². The normalized spacial score (nSPS) is 20.5. The lowest BCUT2D eigenvalue weighted by atomic mass is 10.1. The van der Waals surface area contributed by atoms with E-state index in [1.807, 2.05) is 6.07 Å². The highest BCUT2D eigenvalue weighted by molar-refractivity contribution is 5.83. The Labute approximate surface area is 174 Å². The van der Waals surface area contributed by atoms with Gasteiger partial charge in [0.25, 0.3) is 0 Å². The molecule has 1 unspecified atom stereocenters. The summed E-state index contributed by atoms with van der Waals surface area (Å²) in [6.45, 7) is 5.26. The summed E-state index contributed by atoms with van der Waals surface area (Å²) in [4.78, 5) is 30.2. The van der Waals surface area contributed by atoms with Gasteiger partial charge in [0.2, 0.25) is 0 Å². The van der Waals surface area contributed by atoms with E-state index >= 15 is 0 Å². The van der Waals surface area contributed by atoms with Gasteiger partial charge in [-0.3, -0.25) is 5.32 Å². The lowest BCUT2D eigenvalue weighted by Gasteiger charge is -2.31. The summed E-state index contributed by atoms with van der Waals surface area (Å²) in [5.41, 5.74) is 1.98. The molecule has 5 rings (SSSR count). The predicted molar refractivity (Wildman–Crippen MR) is 110 cm³/mol. The van der Waals surface area contributed by atoms with E-state index in [0.717, 1.165) is 43.3 Å². The first-order valence-corrected chi connectivity index (χ1v) is 10.1. The van der Waals surface area contributed by atoms with Gasteiger partial charge in [0.1, 0.15) is 17.5 Å². The van der Waals surface area contributed by atoms with Gasteiger partial charge in [0.05, 0.1) is 39.6 Å². The van der Waals surface area contributed by atoms with Crippen LogP contribution in [0.3, 0.4) is 0 Å². The van der Waals surface area contributed by atoms with Crippen LogP contribution in [0.4, 0.5) is 22.2 Å². The maximum Gasteiger partial charge on any atom is 0.412 e. The summed E-state index contributed by atoms with van der Waals surface area (Å²) < 4.78 is 15.8. The number of carbonyl (C=O) groups excluding carboxylic acids is 1. The Hall–Kier alpha value is -2.98. The molecule has 2 aromatic heterocycles. The molecule has 0 saturated carbocycles. The Morgan fingerprint density at radius 2 is 1.93 bits per heavy atom. The molecule has 158 valence electrons. The molecule has 3 aliphatic heterocycles. The van der Waals surface area contributed by atoms with Crippen molar-refractivity contribution in [2.75, 3.05) is 68.3 Å². The molecule has 30 heavy (non-hydrogen) atoms. The summed E-state index contributed by atoms with van der Waals surface area (Å²) in [6.07, 6.45) is 2.00. The molecule has 1 amide bonds. The Balaban J connectivity index is 1.52. The lowest BCUT2D eigenvalue weighted by molar-refractivity contribution is 0.0973. The summed E-state index contributed by atoms with van der Waals surface area (Å²) in [6, 6.07) is 3.88. The van der Waals surface area contributed by atoms with Gasteiger partial charge in [0.15, 0.2) is 5.82 Å². The Morgan fingerprint density at radius 3 is 2.70 bits per heavy atom. The third-order valence-corrected chi connectivity index (χ3v) is 5.65. The van der Waals surface area contributed by atoms with Gasteiger partial charge < -0.3 is 24.0 Å². The van der Waals surface area contributed by atoms with Crippen molar-refractivity contribution < 1.29 is 19.0 Å². The minimum Gasteiger partial charge on any atom is -0.453 e. The van der Waals surface area contributed by atoms with E-state index in [-0.39, 0.29) is 0 Å².